The van der Waals surface area contributed by atoms with Gasteiger partial charge in [-0.15, -0.1) is 0 Å². The lowest BCUT2D eigenvalue weighted by Gasteiger charge is -2.20. The third kappa shape index (κ3) is 3.73. The third-order valence-corrected chi connectivity index (χ3v) is 4.66. The van der Waals surface area contributed by atoms with Gasteiger partial charge in [0.2, 0.25) is 5.91 Å². The lowest BCUT2D eigenvalue weighted by Crippen LogP contribution is -2.33. The molecule has 0 radical (unpaired) electrons. The van der Waals surface area contributed by atoms with Crippen molar-refractivity contribution in [3.05, 3.63) is 51.0 Å². The first-order valence-corrected chi connectivity index (χ1v) is 8.97. The van der Waals surface area contributed by atoms with Crippen molar-refractivity contribution in [2.24, 2.45) is 0 Å². The summed E-state index contributed by atoms with van der Waals surface area (Å²) in [6.45, 7) is 9.38. The summed E-state index contributed by atoms with van der Waals surface area (Å²) in [5.74, 6) is -0.356. The van der Waals surface area contributed by atoms with Crippen molar-refractivity contribution in [2.45, 2.75) is 46.7 Å². The second-order valence-corrected chi connectivity index (χ2v) is 7.96. The number of carbonyl (C=O) groups is 1. The van der Waals surface area contributed by atoms with Gasteiger partial charge in [0.25, 0.3) is 5.56 Å². The number of aryl methyl sites for hydroxylation is 2. The fourth-order valence-electron chi connectivity index (χ4n) is 2.84. The van der Waals surface area contributed by atoms with Crippen LogP contribution in [0.3, 0.4) is 0 Å². The minimum absolute atomic E-state index is 0.198. The number of aromatic nitrogens is 4. The summed E-state index contributed by atoms with van der Waals surface area (Å²) in [7, 11) is 0. The van der Waals surface area contributed by atoms with Crippen molar-refractivity contribution in [1.82, 2.24) is 19.6 Å². The molecule has 0 spiro atoms. The molecule has 2 heterocycles. The molecule has 3 aromatic rings. The first-order valence-electron chi connectivity index (χ1n) is 8.60. The summed E-state index contributed by atoms with van der Waals surface area (Å²) < 4.78 is 2.85. The highest BCUT2D eigenvalue weighted by Crippen LogP contribution is 2.21. The van der Waals surface area contributed by atoms with Gasteiger partial charge in [-0.1, -0.05) is 17.7 Å². The predicted molar refractivity (Wildman–Crippen MR) is 106 cm³/mol. The molecular formula is C19H22ClN5O2. The van der Waals surface area contributed by atoms with Crippen LogP contribution < -0.4 is 10.9 Å². The highest BCUT2D eigenvalue weighted by atomic mass is 35.5. The molecule has 142 valence electrons. The smallest absolute Gasteiger partial charge is 0.293 e. The lowest BCUT2D eigenvalue weighted by atomic mass is 10.1. The Balaban J connectivity index is 1.95. The maximum absolute atomic E-state index is 12.9. The van der Waals surface area contributed by atoms with E-state index in [1.54, 1.807) is 29.9 Å². The molecule has 1 N–H and O–H groups in total. The van der Waals surface area contributed by atoms with Crippen LogP contribution in [0.5, 0.6) is 0 Å². The molecule has 0 bridgehead atoms. The summed E-state index contributed by atoms with van der Waals surface area (Å²) in [6.07, 6.45) is 1.64. The topological polar surface area (TPSA) is 81.8 Å². The van der Waals surface area contributed by atoms with Crippen molar-refractivity contribution < 1.29 is 4.79 Å². The zero-order valence-electron chi connectivity index (χ0n) is 16.0. The number of nitrogens with zero attached hydrogens (tertiary/aromatic N) is 4. The van der Waals surface area contributed by atoms with Crippen molar-refractivity contribution in [3.8, 4) is 0 Å². The second kappa shape index (κ2) is 6.81. The Bertz CT molecular complexity index is 1090. The summed E-state index contributed by atoms with van der Waals surface area (Å²) in [4.78, 5) is 25.4. The molecular weight excluding hydrogens is 366 g/mol. The Hall–Kier alpha value is -2.67. The van der Waals surface area contributed by atoms with E-state index in [-0.39, 0.29) is 23.6 Å². The standard InChI is InChI=1S/C19H22ClN5O2/c1-11-6-7-13(8-15(11)20)22-16(26)10-24-18(27)17-14(12(2)23-24)9-21-25(17)19(3,4)5/h6-9H,10H2,1-5H3,(H,22,26). The van der Waals surface area contributed by atoms with Crippen LogP contribution >= 0.6 is 11.6 Å². The van der Waals surface area contributed by atoms with E-state index in [1.165, 1.54) is 4.68 Å². The van der Waals surface area contributed by atoms with Gasteiger partial charge in [-0.3, -0.25) is 14.3 Å². The van der Waals surface area contributed by atoms with Crippen molar-refractivity contribution >= 4 is 34.1 Å². The molecule has 1 amide bonds. The molecule has 1 aromatic carbocycles. The molecule has 2 aromatic heterocycles. The number of hydrogen-bond acceptors (Lipinski definition) is 4. The average Bonchev–Trinajstić information content (AvgIpc) is 3.02. The Morgan fingerprint density at radius 1 is 1.26 bits per heavy atom. The molecule has 0 saturated carbocycles. The molecule has 3 rings (SSSR count). The molecule has 8 heteroatoms. The van der Waals surface area contributed by atoms with Gasteiger partial charge >= 0.3 is 0 Å². The third-order valence-electron chi connectivity index (χ3n) is 4.25. The second-order valence-electron chi connectivity index (χ2n) is 7.55. The molecule has 0 atom stereocenters. The largest absolute Gasteiger partial charge is 0.324 e. The first kappa shape index (κ1) is 19.1. The first-order chi connectivity index (χ1) is 12.6. The number of rotatable bonds is 3. The van der Waals surface area contributed by atoms with Gasteiger partial charge in [0.1, 0.15) is 12.1 Å². The van der Waals surface area contributed by atoms with Crippen LogP contribution in [0.25, 0.3) is 10.9 Å². The van der Waals surface area contributed by atoms with E-state index in [1.807, 2.05) is 33.8 Å². The molecule has 0 aliphatic heterocycles. The number of anilines is 1. The number of nitrogens with one attached hydrogen (secondary N) is 1. The molecule has 0 aliphatic rings. The number of halogens is 1. The van der Waals surface area contributed by atoms with E-state index in [2.05, 4.69) is 15.5 Å². The van der Waals surface area contributed by atoms with Crippen LogP contribution in [-0.2, 0) is 16.9 Å². The van der Waals surface area contributed by atoms with Crippen LogP contribution in [0, 0.1) is 13.8 Å². The van der Waals surface area contributed by atoms with Gasteiger partial charge in [0.15, 0.2) is 0 Å². The number of benzene rings is 1. The van der Waals surface area contributed by atoms with Crippen molar-refractivity contribution in [3.63, 3.8) is 0 Å². The Kier molecular flexibility index (Phi) is 4.82. The summed E-state index contributed by atoms with van der Waals surface area (Å²) in [6, 6.07) is 5.26. The van der Waals surface area contributed by atoms with Gasteiger partial charge in [0, 0.05) is 16.1 Å². The molecule has 0 saturated heterocycles. The van der Waals surface area contributed by atoms with E-state index < -0.39 is 0 Å². The van der Waals surface area contributed by atoms with E-state index in [0.29, 0.717) is 27.3 Å². The van der Waals surface area contributed by atoms with Crippen LogP contribution in [0.4, 0.5) is 5.69 Å². The zero-order valence-corrected chi connectivity index (χ0v) is 16.8. The fraction of sp³-hybridized carbons (Fsp3) is 0.368. The zero-order chi connectivity index (χ0) is 19.9. The molecule has 0 fully saturated rings. The van der Waals surface area contributed by atoms with Gasteiger partial charge in [-0.2, -0.15) is 10.2 Å². The fourth-order valence-corrected chi connectivity index (χ4v) is 3.03. The maximum atomic E-state index is 12.9. The number of hydrogen-bond donors (Lipinski definition) is 1. The number of fused-ring (bicyclic) bond motifs is 1. The van der Waals surface area contributed by atoms with Crippen LogP contribution in [0.2, 0.25) is 5.02 Å². The normalized spacial score (nSPS) is 11.8. The SMILES string of the molecule is Cc1ccc(NC(=O)Cn2nc(C)c3cnn(C(C)(C)C)c3c2=O)cc1Cl. The van der Waals surface area contributed by atoms with Crippen LogP contribution in [0.1, 0.15) is 32.0 Å². The van der Waals surface area contributed by atoms with Crippen LogP contribution in [0.15, 0.2) is 29.2 Å². The van der Waals surface area contributed by atoms with E-state index >= 15 is 0 Å². The highest BCUT2D eigenvalue weighted by Gasteiger charge is 2.22. The van der Waals surface area contributed by atoms with E-state index in [4.69, 9.17) is 11.6 Å². The van der Waals surface area contributed by atoms with Gasteiger partial charge < -0.3 is 5.32 Å². The molecule has 0 unspecified atom stereocenters. The van der Waals surface area contributed by atoms with Gasteiger partial charge in [-0.25, -0.2) is 4.68 Å². The van der Waals surface area contributed by atoms with E-state index in [9.17, 15) is 9.59 Å². The number of carbonyl (C=O) groups excluding carboxylic acids is 1. The minimum atomic E-state index is -0.368. The van der Waals surface area contributed by atoms with Crippen LogP contribution in [-0.4, -0.2) is 25.5 Å². The Morgan fingerprint density at radius 3 is 2.59 bits per heavy atom. The van der Waals surface area contributed by atoms with Crippen molar-refractivity contribution in [1.29, 1.82) is 0 Å². The molecule has 27 heavy (non-hydrogen) atoms. The van der Waals surface area contributed by atoms with E-state index in [0.717, 1.165) is 5.56 Å². The molecule has 0 aliphatic carbocycles. The van der Waals surface area contributed by atoms with Crippen molar-refractivity contribution in [2.75, 3.05) is 5.32 Å². The Morgan fingerprint density at radius 2 is 1.96 bits per heavy atom. The van der Waals surface area contributed by atoms with Gasteiger partial charge in [-0.05, 0) is 52.3 Å². The average molecular weight is 388 g/mol. The number of amides is 1. The summed E-state index contributed by atoms with van der Waals surface area (Å²) in [5.41, 5.74) is 1.87. The minimum Gasteiger partial charge on any atom is -0.324 e. The predicted octanol–water partition coefficient (Wildman–Crippen LogP) is 3.26. The Labute approximate surface area is 161 Å². The quantitative estimate of drug-likeness (QED) is 0.747. The monoisotopic (exact) mass is 387 g/mol. The lowest BCUT2D eigenvalue weighted by molar-refractivity contribution is -0.117. The van der Waals surface area contributed by atoms with Gasteiger partial charge in [0.05, 0.1) is 17.4 Å². The summed E-state index contributed by atoms with van der Waals surface area (Å²) >= 11 is 6.09. The highest BCUT2D eigenvalue weighted by molar-refractivity contribution is 6.31. The maximum Gasteiger partial charge on any atom is 0.293 e. The summed E-state index contributed by atoms with van der Waals surface area (Å²) in [5, 5.41) is 12.6. The molecule has 7 nitrogen and oxygen atoms in total.